The number of likely N-dealkylation sites (N-methyl/N-ethyl adjacent to an activating group) is 1. The smallest absolute Gasteiger partial charge is 0.0204 e. The lowest BCUT2D eigenvalue weighted by Crippen LogP contribution is -2.10. The topological polar surface area (TPSA) is 24.1 Å². The summed E-state index contributed by atoms with van der Waals surface area (Å²) in [6.45, 7) is 8.79. The summed E-state index contributed by atoms with van der Waals surface area (Å²) < 4.78 is 0. The fourth-order valence-corrected chi connectivity index (χ4v) is 1.05. The van der Waals surface area contributed by atoms with Gasteiger partial charge in [-0.1, -0.05) is 12.7 Å². The van der Waals surface area contributed by atoms with Gasteiger partial charge >= 0.3 is 0 Å². The molecule has 2 N–H and O–H groups in total. The molecule has 0 spiro atoms. The third-order valence-electron chi connectivity index (χ3n) is 1.95. The van der Waals surface area contributed by atoms with Crippen LogP contribution in [0, 0.1) is 0 Å². The quantitative estimate of drug-likeness (QED) is 0.631. The van der Waals surface area contributed by atoms with Gasteiger partial charge in [0.2, 0.25) is 0 Å². The van der Waals surface area contributed by atoms with E-state index in [-0.39, 0.29) is 0 Å². The van der Waals surface area contributed by atoms with Crippen molar-refractivity contribution in [1.82, 2.24) is 10.6 Å². The first-order valence-corrected chi connectivity index (χ1v) is 4.48. The van der Waals surface area contributed by atoms with Gasteiger partial charge in [0.15, 0.2) is 0 Å². The Morgan fingerprint density at radius 3 is 2.31 bits per heavy atom. The van der Waals surface area contributed by atoms with Gasteiger partial charge in [0.25, 0.3) is 0 Å². The van der Waals surface area contributed by atoms with Gasteiger partial charge in [-0.25, -0.2) is 0 Å². The SMILES string of the molecule is C=C/C(CNC)=C(C)\C=C(\C)NC. The summed E-state index contributed by atoms with van der Waals surface area (Å²) in [5.41, 5.74) is 3.64. The lowest BCUT2D eigenvalue weighted by atomic mass is 10.1. The van der Waals surface area contributed by atoms with E-state index >= 15 is 0 Å². The van der Waals surface area contributed by atoms with Crippen LogP contribution in [0.4, 0.5) is 0 Å². The Hall–Kier alpha value is -1.02. The van der Waals surface area contributed by atoms with Crippen LogP contribution in [-0.2, 0) is 0 Å². The normalized spacial score (nSPS) is 13.7. The molecule has 2 nitrogen and oxygen atoms in total. The summed E-state index contributed by atoms with van der Waals surface area (Å²) in [5.74, 6) is 0. The van der Waals surface area contributed by atoms with Crippen LogP contribution in [0.25, 0.3) is 0 Å². The zero-order valence-electron chi connectivity index (χ0n) is 9.07. The Balaban J connectivity index is 4.64. The molecule has 2 heteroatoms. The van der Waals surface area contributed by atoms with Crippen LogP contribution >= 0.6 is 0 Å². The first-order valence-electron chi connectivity index (χ1n) is 4.48. The molecule has 0 amide bonds. The monoisotopic (exact) mass is 180 g/mol. The zero-order chi connectivity index (χ0) is 10.3. The van der Waals surface area contributed by atoms with E-state index in [9.17, 15) is 0 Å². The summed E-state index contributed by atoms with van der Waals surface area (Å²) in [5, 5.41) is 6.20. The van der Waals surface area contributed by atoms with E-state index in [4.69, 9.17) is 0 Å². The van der Waals surface area contributed by atoms with Crippen molar-refractivity contribution >= 4 is 0 Å². The molecule has 0 aromatic carbocycles. The highest BCUT2D eigenvalue weighted by molar-refractivity contribution is 5.33. The number of nitrogens with one attached hydrogen (secondary N) is 2. The predicted octanol–water partition coefficient (Wildman–Crippen LogP) is 1.83. The molecule has 0 aliphatic rings. The van der Waals surface area contributed by atoms with E-state index in [0.29, 0.717) is 0 Å². The van der Waals surface area contributed by atoms with E-state index in [2.05, 4.69) is 30.2 Å². The highest BCUT2D eigenvalue weighted by Crippen LogP contribution is 2.07. The van der Waals surface area contributed by atoms with E-state index in [1.807, 2.05) is 27.1 Å². The average molecular weight is 180 g/mol. The summed E-state index contributed by atoms with van der Waals surface area (Å²) in [7, 11) is 3.86. The summed E-state index contributed by atoms with van der Waals surface area (Å²) in [4.78, 5) is 0. The van der Waals surface area contributed by atoms with E-state index in [1.165, 1.54) is 11.1 Å². The maximum Gasteiger partial charge on any atom is 0.0204 e. The van der Waals surface area contributed by atoms with Crippen LogP contribution in [0.1, 0.15) is 13.8 Å². The second-order valence-electron chi connectivity index (χ2n) is 3.02. The molecule has 0 unspecified atom stereocenters. The van der Waals surface area contributed by atoms with Crippen LogP contribution in [-0.4, -0.2) is 20.6 Å². The van der Waals surface area contributed by atoms with Gasteiger partial charge in [0, 0.05) is 19.3 Å². The molecule has 13 heavy (non-hydrogen) atoms. The molecule has 0 fully saturated rings. The van der Waals surface area contributed by atoms with Crippen LogP contribution in [0.15, 0.2) is 35.6 Å². The fraction of sp³-hybridized carbons (Fsp3) is 0.455. The van der Waals surface area contributed by atoms with Crippen molar-refractivity contribution < 1.29 is 0 Å². The second kappa shape index (κ2) is 6.49. The molecule has 0 aliphatic heterocycles. The Morgan fingerprint density at radius 2 is 1.92 bits per heavy atom. The number of hydrogen-bond acceptors (Lipinski definition) is 2. The molecule has 0 atom stereocenters. The van der Waals surface area contributed by atoms with Crippen molar-refractivity contribution in [3.8, 4) is 0 Å². The number of allylic oxidation sites excluding steroid dienone is 3. The fourth-order valence-electron chi connectivity index (χ4n) is 1.05. The van der Waals surface area contributed by atoms with Crippen LogP contribution in [0.2, 0.25) is 0 Å². The van der Waals surface area contributed by atoms with Gasteiger partial charge in [-0.15, -0.1) is 0 Å². The summed E-state index contributed by atoms with van der Waals surface area (Å²) in [6.07, 6.45) is 4.01. The average Bonchev–Trinajstić information content (AvgIpc) is 2.13. The Bertz CT molecular complexity index is 224. The van der Waals surface area contributed by atoms with Crippen LogP contribution < -0.4 is 10.6 Å². The molecular formula is C11H20N2. The van der Waals surface area contributed by atoms with E-state index < -0.39 is 0 Å². The van der Waals surface area contributed by atoms with Gasteiger partial charge < -0.3 is 10.6 Å². The largest absolute Gasteiger partial charge is 0.392 e. The lowest BCUT2D eigenvalue weighted by Gasteiger charge is -2.05. The maximum absolute atomic E-state index is 3.79. The van der Waals surface area contributed by atoms with Crippen molar-refractivity contribution in [2.75, 3.05) is 20.6 Å². The molecule has 0 saturated carbocycles. The van der Waals surface area contributed by atoms with Gasteiger partial charge in [-0.2, -0.15) is 0 Å². The Morgan fingerprint density at radius 1 is 1.31 bits per heavy atom. The first kappa shape index (κ1) is 12.0. The minimum Gasteiger partial charge on any atom is -0.392 e. The highest BCUT2D eigenvalue weighted by atomic mass is 14.8. The molecule has 0 aromatic rings. The van der Waals surface area contributed by atoms with Crippen molar-refractivity contribution in [2.45, 2.75) is 13.8 Å². The minimum absolute atomic E-state index is 0.864. The third kappa shape index (κ3) is 4.53. The summed E-state index contributed by atoms with van der Waals surface area (Å²) >= 11 is 0. The Labute approximate surface area is 81.4 Å². The minimum atomic E-state index is 0.864. The van der Waals surface area contributed by atoms with Crippen LogP contribution in [0.3, 0.4) is 0 Å². The molecule has 74 valence electrons. The predicted molar refractivity (Wildman–Crippen MR) is 59.6 cm³/mol. The maximum atomic E-state index is 3.79. The standard InChI is InChI=1S/C11H20N2/c1-6-11(8-12-4)9(2)7-10(3)13-5/h6-7,12-13H,1,8H2,2-5H3/b10-7-,11-9+. The van der Waals surface area contributed by atoms with Crippen molar-refractivity contribution in [3.63, 3.8) is 0 Å². The van der Waals surface area contributed by atoms with E-state index in [1.54, 1.807) is 0 Å². The lowest BCUT2D eigenvalue weighted by molar-refractivity contribution is 0.888. The van der Waals surface area contributed by atoms with Gasteiger partial charge in [-0.05, 0) is 38.1 Å². The number of rotatable bonds is 5. The van der Waals surface area contributed by atoms with Crippen LogP contribution in [0.5, 0.6) is 0 Å². The molecule has 0 radical (unpaired) electrons. The number of hydrogen-bond donors (Lipinski definition) is 2. The molecule has 0 bridgehead atoms. The zero-order valence-corrected chi connectivity index (χ0v) is 9.07. The molecule has 0 rings (SSSR count). The molecule has 0 aromatic heterocycles. The highest BCUT2D eigenvalue weighted by Gasteiger charge is 1.94. The third-order valence-corrected chi connectivity index (χ3v) is 1.95. The van der Waals surface area contributed by atoms with Crippen molar-refractivity contribution in [1.29, 1.82) is 0 Å². The van der Waals surface area contributed by atoms with Crippen molar-refractivity contribution in [2.24, 2.45) is 0 Å². The van der Waals surface area contributed by atoms with Gasteiger partial charge in [-0.3, -0.25) is 0 Å². The summed E-state index contributed by atoms with van der Waals surface area (Å²) in [6, 6.07) is 0. The van der Waals surface area contributed by atoms with Gasteiger partial charge in [0.05, 0.1) is 0 Å². The second-order valence-corrected chi connectivity index (χ2v) is 3.02. The van der Waals surface area contributed by atoms with E-state index in [0.717, 1.165) is 12.2 Å². The molecule has 0 aliphatic carbocycles. The van der Waals surface area contributed by atoms with Crippen molar-refractivity contribution in [3.05, 3.63) is 35.6 Å². The molecule has 0 saturated heterocycles. The molecule has 0 heterocycles. The van der Waals surface area contributed by atoms with Gasteiger partial charge in [0.1, 0.15) is 0 Å². The first-order chi connectivity index (χ1) is 6.15. The molecular weight excluding hydrogens is 160 g/mol. The Kier molecular flexibility index (Phi) is 5.98.